The molecule has 0 fully saturated rings. The summed E-state index contributed by atoms with van der Waals surface area (Å²) in [6, 6.07) is 72.8. The number of fused-ring (bicyclic) bond motifs is 7. The molecule has 0 amide bonds. The van der Waals surface area contributed by atoms with Gasteiger partial charge in [-0.2, -0.15) is 0 Å². The molecule has 11 rings (SSSR count). The second-order valence-corrected chi connectivity index (χ2v) is 15.7. The summed E-state index contributed by atoms with van der Waals surface area (Å²) >= 11 is 0. The highest BCUT2D eigenvalue weighted by Crippen LogP contribution is 2.51. The van der Waals surface area contributed by atoms with Crippen LogP contribution in [0.25, 0.3) is 77.2 Å². The monoisotopic (exact) mass is 729 g/mol. The predicted octanol–water partition coefficient (Wildman–Crippen LogP) is 15.5. The first-order valence-electron chi connectivity index (χ1n) is 19.8. The molecule has 0 saturated heterocycles. The van der Waals surface area contributed by atoms with Gasteiger partial charge in [-0.15, -0.1) is 0 Å². The number of para-hydroxylation sites is 1. The largest absolute Gasteiger partial charge is 0.456 e. The van der Waals surface area contributed by atoms with Crippen molar-refractivity contribution in [3.8, 4) is 44.5 Å². The third-order valence-corrected chi connectivity index (χ3v) is 12.1. The van der Waals surface area contributed by atoms with Gasteiger partial charge in [0.1, 0.15) is 11.2 Å². The Labute approximate surface area is 332 Å². The van der Waals surface area contributed by atoms with E-state index in [2.05, 4.69) is 207 Å². The van der Waals surface area contributed by atoms with Crippen molar-refractivity contribution in [3.63, 3.8) is 0 Å². The number of furan rings is 1. The third kappa shape index (κ3) is 5.40. The number of anilines is 3. The maximum atomic E-state index is 6.15. The molecule has 0 atom stereocenters. The van der Waals surface area contributed by atoms with Crippen LogP contribution >= 0.6 is 0 Å². The highest BCUT2D eigenvalue weighted by atomic mass is 16.3. The molecular formula is C55H39NO. The first kappa shape index (κ1) is 33.2. The van der Waals surface area contributed by atoms with Gasteiger partial charge < -0.3 is 9.32 Å². The van der Waals surface area contributed by atoms with Gasteiger partial charge in [-0.1, -0.05) is 166 Å². The van der Waals surface area contributed by atoms with E-state index in [0.717, 1.165) is 50.1 Å². The molecule has 9 aromatic carbocycles. The average Bonchev–Trinajstić information content (AvgIpc) is 3.75. The van der Waals surface area contributed by atoms with E-state index in [1.807, 2.05) is 12.1 Å². The van der Waals surface area contributed by atoms with E-state index in [1.54, 1.807) is 0 Å². The SMILES string of the molecule is CC1(C)c2ccccc2-c2ccc(N(c3ccc(-c4ccc5oc6ccccc6c5c4)cc3)c3ccc(-c4ccc(-c5ccccc5)cc4)c4ccccc34)cc21. The van der Waals surface area contributed by atoms with Crippen molar-refractivity contribution in [2.75, 3.05) is 4.90 Å². The second-order valence-electron chi connectivity index (χ2n) is 15.7. The topological polar surface area (TPSA) is 16.4 Å². The fourth-order valence-electron chi connectivity index (χ4n) is 9.17. The van der Waals surface area contributed by atoms with E-state index in [1.165, 1.54) is 55.3 Å². The Bertz CT molecular complexity index is 3130. The molecule has 57 heavy (non-hydrogen) atoms. The summed E-state index contributed by atoms with van der Waals surface area (Å²) in [4.78, 5) is 2.44. The maximum Gasteiger partial charge on any atom is 0.135 e. The van der Waals surface area contributed by atoms with Crippen molar-refractivity contribution in [1.82, 2.24) is 0 Å². The van der Waals surface area contributed by atoms with E-state index in [-0.39, 0.29) is 5.41 Å². The molecule has 1 aromatic heterocycles. The van der Waals surface area contributed by atoms with Gasteiger partial charge in [0, 0.05) is 32.9 Å². The van der Waals surface area contributed by atoms with E-state index < -0.39 is 0 Å². The number of hydrogen-bond donors (Lipinski definition) is 0. The number of nitrogens with zero attached hydrogens (tertiary/aromatic N) is 1. The van der Waals surface area contributed by atoms with Gasteiger partial charge in [-0.05, 0) is 110 Å². The van der Waals surface area contributed by atoms with Gasteiger partial charge in [0.25, 0.3) is 0 Å². The third-order valence-electron chi connectivity index (χ3n) is 12.1. The first-order valence-corrected chi connectivity index (χ1v) is 19.8. The molecule has 1 heterocycles. The summed E-state index contributed by atoms with van der Waals surface area (Å²) in [6.45, 7) is 4.71. The molecule has 2 heteroatoms. The summed E-state index contributed by atoms with van der Waals surface area (Å²) in [5.41, 5.74) is 17.6. The zero-order chi connectivity index (χ0) is 38.1. The van der Waals surface area contributed by atoms with E-state index in [9.17, 15) is 0 Å². The standard InChI is InChI=1S/C55H39NO/c1-55(2)50-18-10-8-15-45(50)46-30-29-42(35-51(46)55)56(41-27-24-38(25-28-41)40-26-33-54-49(34-40)48-17-9-11-19-53(48)57-54)52-32-31-43(44-14-6-7-16-47(44)52)39-22-20-37(21-23-39)36-12-4-3-5-13-36/h3-35H,1-2H3. The zero-order valence-corrected chi connectivity index (χ0v) is 31.9. The highest BCUT2D eigenvalue weighted by molar-refractivity contribution is 6.08. The fraction of sp³-hybridized carbons (Fsp3) is 0.0545. The summed E-state index contributed by atoms with van der Waals surface area (Å²) in [7, 11) is 0. The molecule has 1 aliphatic rings. The minimum Gasteiger partial charge on any atom is -0.456 e. The van der Waals surface area contributed by atoms with Crippen LogP contribution in [0.3, 0.4) is 0 Å². The minimum atomic E-state index is -0.120. The zero-order valence-electron chi connectivity index (χ0n) is 31.9. The molecule has 0 aliphatic heterocycles. The Morgan fingerprint density at radius 3 is 1.74 bits per heavy atom. The van der Waals surface area contributed by atoms with Crippen LogP contribution in [0.15, 0.2) is 205 Å². The van der Waals surface area contributed by atoms with Crippen LogP contribution in [-0.2, 0) is 5.41 Å². The van der Waals surface area contributed by atoms with Crippen molar-refractivity contribution >= 4 is 49.8 Å². The number of benzene rings is 9. The summed E-state index contributed by atoms with van der Waals surface area (Å²) in [6.07, 6.45) is 0. The van der Waals surface area contributed by atoms with Gasteiger partial charge in [0.15, 0.2) is 0 Å². The van der Waals surface area contributed by atoms with Crippen molar-refractivity contribution in [2.24, 2.45) is 0 Å². The van der Waals surface area contributed by atoms with Crippen LogP contribution in [-0.4, -0.2) is 0 Å². The predicted molar refractivity (Wildman–Crippen MR) is 240 cm³/mol. The normalized spacial score (nSPS) is 12.9. The molecule has 2 nitrogen and oxygen atoms in total. The molecule has 0 spiro atoms. The van der Waals surface area contributed by atoms with E-state index >= 15 is 0 Å². The van der Waals surface area contributed by atoms with Gasteiger partial charge >= 0.3 is 0 Å². The van der Waals surface area contributed by atoms with E-state index in [0.29, 0.717) is 0 Å². The molecule has 10 aromatic rings. The molecule has 0 bridgehead atoms. The lowest BCUT2D eigenvalue weighted by Gasteiger charge is -2.29. The Morgan fingerprint density at radius 1 is 0.351 bits per heavy atom. The van der Waals surface area contributed by atoms with Crippen LogP contribution in [0.2, 0.25) is 0 Å². The molecule has 0 saturated carbocycles. The summed E-state index contributed by atoms with van der Waals surface area (Å²) < 4.78 is 6.15. The second kappa shape index (κ2) is 13.0. The van der Waals surface area contributed by atoms with Crippen LogP contribution in [0.1, 0.15) is 25.0 Å². The van der Waals surface area contributed by atoms with Gasteiger partial charge in [0.2, 0.25) is 0 Å². The quantitative estimate of drug-likeness (QED) is 0.169. The van der Waals surface area contributed by atoms with Crippen LogP contribution < -0.4 is 4.90 Å². The minimum absolute atomic E-state index is 0.120. The maximum absolute atomic E-state index is 6.15. The Kier molecular flexibility index (Phi) is 7.55. The molecule has 0 N–H and O–H groups in total. The Hall–Kier alpha value is -7.16. The molecule has 0 unspecified atom stereocenters. The average molecular weight is 730 g/mol. The fourth-order valence-corrected chi connectivity index (χ4v) is 9.17. The molecule has 270 valence electrons. The smallest absolute Gasteiger partial charge is 0.135 e. The van der Waals surface area contributed by atoms with Crippen LogP contribution in [0.4, 0.5) is 17.1 Å². The molecular weight excluding hydrogens is 691 g/mol. The van der Waals surface area contributed by atoms with E-state index in [4.69, 9.17) is 4.42 Å². The molecule has 0 radical (unpaired) electrons. The lowest BCUT2D eigenvalue weighted by Crippen LogP contribution is -2.16. The Balaban J connectivity index is 1.05. The Morgan fingerprint density at radius 2 is 0.912 bits per heavy atom. The van der Waals surface area contributed by atoms with Crippen molar-refractivity contribution in [3.05, 3.63) is 211 Å². The molecule has 1 aliphatic carbocycles. The number of hydrogen-bond acceptors (Lipinski definition) is 2. The van der Waals surface area contributed by atoms with Crippen molar-refractivity contribution < 1.29 is 4.42 Å². The van der Waals surface area contributed by atoms with Gasteiger partial charge in [0.05, 0.1) is 5.69 Å². The van der Waals surface area contributed by atoms with Gasteiger partial charge in [-0.3, -0.25) is 0 Å². The van der Waals surface area contributed by atoms with Crippen molar-refractivity contribution in [1.29, 1.82) is 0 Å². The van der Waals surface area contributed by atoms with Crippen molar-refractivity contribution in [2.45, 2.75) is 19.3 Å². The summed E-state index contributed by atoms with van der Waals surface area (Å²) in [5.74, 6) is 0. The summed E-state index contributed by atoms with van der Waals surface area (Å²) in [5, 5.41) is 4.70. The first-order chi connectivity index (χ1) is 28.0. The van der Waals surface area contributed by atoms with Crippen LogP contribution in [0.5, 0.6) is 0 Å². The van der Waals surface area contributed by atoms with Gasteiger partial charge in [-0.25, -0.2) is 0 Å². The number of rotatable bonds is 6. The lowest BCUT2D eigenvalue weighted by atomic mass is 9.82. The van der Waals surface area contributed by atoms with Crippen LogP contribution in [0, 0.1) is 0 Å². The highest BCUT2D eigenvalue weighted by Gasteiger charge is 2.35. The lowest BCUT2D eigenvalue weighted by molar-refractivity contribution is 0.660.